The van der Waals surface area contributed by atoms with Crippen LogP contribution in [0.25, 0.3) is 0 Å². The zero-order chi connectivity index (χ0) is 22.4. The van der Waals surface area contributed by atoms with Crippen molar-refractivity contribution in [1.29, 1.82) is 0 Å². The molecule has 0 unspecified atom stereocenters. The topological polar surface area (TPSA) is 90.5 Å². The third-order valence-electron chi connectivity index (χ3n) is 5.06. The minimum Gasteiger partial charge on any atom is -0.352 e. The molecule has 1 aliphatic rings. The van der Waals surface area contributed by atoms with Gasteiger partial charge in [-0.05, 0) is 48.7 Å². The van der Waals surface area contributed by atoms with Crippen molar-refractivity contribution in [2.45, 2.75) is 26.3 Å². The molecule has 7 nitrogen and oxygen atoms in total. The highest BCUT2D eigenvalue weighted by Gasteiger charge is 2.27. The summed E-state index contributed by atoms with van der Waals surface area (Å²) in [6, 6.07) is 10.5. The lowest BCUT2D eigenvalue weighted by molar-refractivity contribution is -0.126. The van der Waals surface area contributed by atoms with Crippen LogP contribution in [0.4, 0.5) is 20.6 Å². The Balaban J connectivity index is 1.46. The third-order valence-corrected chi connectivity index (χ3v) is 5.38. The Morgan fingerprint density at radius 1 is 1.06 bits per heavy atom. The van der Waals surface area contributed by atoms with Crippen LogP contribution in [0.2, 0.25) is 5.02 Å². The van der Waals surface area contributed by atoms with Crippen LogP contribution >= 0.6 is 11.6 Å². The molecule has 0 spiro atoms. The highest BCUT2D eigenvalue weighted by atomic mass is 35.5. The van der Waals surface area contributed by atoms with Gasteiger partial charge in [-0.15, -0.1) is 0 Å². The Morgan fingerprint density at radius 3 is 2.35 bits per heavy atom. The minimum absolute atomic E-state index is 0.0685. The van der Waals surface area contributed by atoms with Crippen molar-refractivity contribution in [3.05, 3.63) is 58.9 Å². The van der Waals surface area contributed by atoms with Gasteiger partial charge in [0.05, 0.1) is 10.7 Å². The van der Waals surface area contributed by atoms with Crippen LogP contribution in [0.1, 0.15) is 25.3 Å². The largest absolute Gasteiger partial charge is 0.352 e. The average molecular weight is 447 g/mol. The predicted octanol–water partition coefficient (Wildman–Crippen LogP) is 4.00. The van der Waals surface area contributed by atoms with E-state index < -0.39 is 0 Å². The van der Waals surface area contributed by atoms with E-state index in [1.165, 1.54) is 19.1 Å². The summed E-state index contributed by atoms with van der Waals surface area (Å²) in [7, 11) is 0. The maximum Gasteiger partial charge on any atom is 0.321 e. The molecular formula is C22H24ClFN4O3. The molecule has 4 amide bonds. The number of nitrogens with zero attached hydrogens (tertiary/aromatic N) is 1. The SMILES string of the molecule is CC(=O)Nc1ccc(NC(=O)N2CCC(C(=O)NCc3ccc(F)cc3)CC2)c(Cl)c1. The molecule has 0 aromatic heterocycles. The van der Waals surface area contributed by atoms with Gasteiger partial charge in [0.25, 0.3) is 0 Å². The van der Waals surface area contributed by atoms with Crippen LogP contribution in [0.5, 0.6) is 0 Å². The summed E-state index contributed by atoms with van der Waals surface area (Å²) in [6.07, 6.45) is 1.11. The Morgan fingerprint density at radius 2 is 1.74 bits per heavy atom. The number of piperidine rings is 1. The number of benzene rings is 2. The van der Waals surface area contributed by atoms with Crippen LogP contribution in [0.3, 0.4) is 0 Å². The van der Waals surface area contributed by atoms with E-state index in [1.54, 1.807) is 35.2 Å². The standard InChI is InChI=1S/C22H24ClFN4O3/c1-14(29)26-18-6-7-20(19(23)12-18)27-22(31)28-10-8-16(9-11-28)21(30)25-13-15-2-4-17(24)5-3-15/h2-7,12,16H,8-11,13H2,1H3,(H,25,30)(H,26,29)(H,27,31). The number of urea groups is 1. The summed E-state index contributed by atoms with van der Waals surface area (Å²) in [5.41, 5.74) is 1.82. The normalized spacial score (nSPS) is 14.1. The van der Waals surface area contributed by atoms with Gasteiger partial charge in [-0.2, -0.15) is 0 Å². The first-order valence-electron chi connectivity index (χ1n) is 9.97. The molecule has 3 rings (SSSR count). The Bertz CT molecular complexity index is 960. The predicted molar refractivity (Wildman–Crippen MR) is 117 cm³/mol. The smallest absolute Gasteiger partial charge is 0.321 e. The molecule has 0 saturated carbocycles. The number of amides is 4. The minimum atomic E-state index is -0.314. The summed E-state index contributed by atoms with van der Waals surface area (Å²) in [4.78, 5) is 37.7. The highest BCUT2D eigenvalue weighted by molar-refractivity contribution is 6.34. The van der Waals surface area contributed by atoms with Crippen LogP contribution in [-0.4, -0.2) is 35.8 Å². The molecule has 1 fully saturated rings. The lowest BCUT2D eigenvalue weighted by atomic mass is 9.96. The first-order valence-corrected chi connectivity index (χ1v) is 10.3. The number of halogens is 2. The van der Waals surface area contributed by atoms with E-state index >= 15 is 0 Å². The first kappa shape index (κ1) is 22.6. The molecule has 31 heavy (non-hydrogen) atoms. The molecule has 3 N–H and O–H groups in total. The number of likely N-dealkylation sites (tertiary alicyclic amines) is 1. The van der Waals surface area contributed by atoms with Crippen LogP contribution < -0.4 is 16.0 Å². The zero-order valence-electron chi connectivity index (χ0n) is 17.1. The number of nitrogens with one attached hydrogen (secondary N) is 3. The molecule has 1 saturated heterocycles. The Kier molecular flexibility index (Phi) is 7.46. The van der Waals surface area contributed by atoms with Crippen molar-refractivity contribution in [2.75, 3.05) is 23.7 Å². The van der Waals surface area contributed by atoms with Crippen molar-refractivity contribution in [3.8, 4) is 0 Å². The lowest BCUT2D eigenvalue weighted by Gasteiger charge is -2.31. The van der Waals surface area contributed by atoms with Crippen LogP contribution in [0.15, 0.2) is 42.5 Å². The van der Waals surface area contributed by atoms with Gasteiger partial charge in [-0.25, -0.2) is 9.18 Å². The van der Waals surface area contributed by atoms with Crippen molar-refractivity contribution in [1.82, 2.24) is 10.2 Å². The van der Waals surface area contributed by atoms with Crippen molar-refractivity contribution in [2.24, 2.45) is 5.92 Å². The Hall–Kier alpha value is -3.13. The van der Waals surface area contributed by atoms with Gasteiger partial charge in [-0.1, -0.05) is 23.7 Å². The molecule has 164 valence electrons. The summed E-state index contributed by atoms with van der Waals surface area (Å²) in [5, 5.41) is 8.58. The van der Waals surface area contributed by atoms with E-state index in [-0.39, 0.29) is 29.6 Å². The summed E-state index contributed by atoms with van der Waals surface area (Å²) < 4.78 is 13.0. The first-order chi connectivity index (χ1) is 14.8. The van der Waals surface area contributed by atoms with Gasteiger partial charge in [0.15, 0.2) is 0 Å². The van der Waals surface area contributed by atoms with Gasteiger partial charge in [0.1, 0.15) is 5.82 Å². The van der Waals surface area contributed by atoms with E-state index in [9.17, 15) is 18.8 Å². The maximum absolute atomic E-state index is 13.0. The van der Waals surface area contributed by atoms with Gasteiger partial charge in [0, 0.05) is 38.2 Å². The van der Waals surface area contributed by atoms with Gasteiger partial charge >= 0.3 is 6.03 Å². The Labute approximate surface area is 184 Å². The molecule has 2 aromatic carbocycles. The van der Waals surface area contributed by atoms with Gasteiger partial charge in [0.2, 0.25) is 11.8 Å². The fourth-order valence-corrected chi connectivity index (χ4v) is 3.60. The van der Waals surface area contributed by atoms with E-state index in [0.29, 0.717) is 48.9 Å². The maximum atomic E-state index is 13.0. The van der Waals surface area contributed by atoms with Gasteiger partial charge in [-0.3, -0.25) is 9.59 Å². The number of carbonyl (C=O) groups is 3. The van der Waals surface area contributed by atoms with E-state index in [2.05, 4.69) is 16.0 Å². The number of rotatable bonds is 5. The van der Waals surface area contributed by atoms with E-state index in [0.717, 1.165) is 5.56 Å². The molecule has 1 heterocycles. The molecule has 2 aromatic rings. The summed E-state index contributed by atoms with van der Waals surface area (Å²) in [6.45, 7) is 2.63. The van der Waals surface area contributed by atoms with E-state index in [1.807, 2.05) is 0 Å². The number of anilines is 2. The fourth-order valence-electron chi connectivity index (χ4n) is 3.37. The molecular weight excluding hydrogens is 423 g/mol. The van der Waals surface area contributed by atoms with Crippen LogP contribution in [0, 0.1) is 11.7 Å². The molecule has 0 aliphatic carbocycles. The molecule has 9 heteroatoms. The van der Waals surface area contributed by atoms with Crippen LogP contribution in [-0.2, 0) is 16.1 Å². The van der Waals surface area contributed by atoms with E-state index in [4.69, 9.17) is 11.6 Å². The lowest BCUT2D eigenvalue weighted by Crippen LogP contribution is -2.44. The highest BCUT2D eigenvalue weighted by Crippen LogP contribution is 2.26. The summed E-state index contributed by atoms with van der Waals surface area (Å²) >= 11 is 6.20. The molecule has 1 aliphatic heterocycles. The second-order valence-corrected chi connectivity index (χ2v) is 7.82. The van der Waals surface area contributed by atoms with Crippen molar-refractivity contribution >= 4 is 40.8 Å². The quantitative estimate of drug-likeness (QED) is 0.648. The van der Waals surface area contributed by atoms with Gasteiger partial charge < -0.3 is 20.9 Å². The van der Waals surface area contributed by atoms with Crippen molar-refractivity contribution < 1.29 is 18.8 Å². The second kappa shape index (κ2) is 10.3. The molecule has 0 radical (unpaired) electrons. The fraction of sp³-hybridized carbons (Fsp3) is 0.318. The number of hydrogen-bond donors (Lipinski definition) is 3. The molecule has 0 bridgehead atoms. The number of hydrogen-bond acceptors (Lipinski definition) is 3. The average Bonchev–Trinajstić information content (AvgIpc) is 2.74. The van der Waals surface area contributed by atoms with Crippen molar-refractivity contribution in [3.63, 3.8) is 0 Å². The number of carbonyl (C=O) groups excluding carboxylic acids is 3. The summed E-state index contributed by atoms with van der Waals surface area (Å²) in [5.74, 6) is -0.769. The molecule has 0 atom stereocenters. The third kappa shape index (κ3) is 6.42. The second-order valence-electron chi connectivity index (χ2n) is 7.41. The monoisotopic (exact) mass is 446 g/mol. The zero-order valence-corrected chi connectivity index (χ0v) is 17.8.